The van der Waals surface area contributed by atoms with Crippen molar-refractivity contribution in [3.05, 3.63) is 51.0 Å². The average molecular weight is 512 g/mol. The number of amides is 2. The Kier molecular flexibility index (Phi) is 6.14. The lowest BCUT2D eigenvalue weighted by Crippen LogP contribution is -2.27. The van der Waals surface area contributed by atoms with E-state index in [4.69, 9.17) is 11.6 Å². The molecule has 176 valence electrons. The molecule has 34 heavy (non-hydrogen) atoms. The van der Waals surface area contributed by atoms with Gasteiger partial charge in [0.1, 0.15) is 22.0 Å². The van der Waals surface area contributed by atoms with E-state index in [-0.39, 0.29) is 21.9 Å². The summed E-state index contributed by atoms with van der Waals surface area (Å²) in [5.74, 6) is -1.59. The molecular formula is C18H13ClF3N9O2S. The first kappa shape index (κ1) is 23.4. The number of nitrogens with zero attached hydrogens (tertiary/aromatic N) is 7. The van der Waals surface area contributed by atoms with E-state index < -0.39 is 34.6 Å². The lowest BCUT2D eigenvalue weighted by Gasteiger charge is -2.11. The normalized spacial score (nSPS) is 12.5. The lowest BCUT2D eigenvalue weighted by molar-refractivity contribution is -0.137. The molecule has 0 aliphatic heterocycles. The van der Waals surface area contributed by atoms with Gasteiger partial charge in [-0.1, -0.05) is 16.8 Å². The van der Waals surface area contributed by atoms with E-state index in [0.717, 1.165) is 17.5 Å². The Labute approximate surface area is 197 Å². The summed E-state index contributed by atoms with van der Waals surface area (Å²) in [4.78, 5) is 41.0. The molecule has 4 aromatic rings. The summed E-state index contributed by atoms with van der Waals surface area (Å²) in [6.07, 6.45) is -1.45. The zero-order chi connectivity index (χ0) is 24.6. The number of hydrogen-bond acceptors (Lipinski definition) is 9. The van der Waals surface area contributed by atoms with Gasteiger partial charge in [0.2, 0.25) is 0 Å². The summed E-state index contributed by atoms with van der Waals surface area (Å²) >= 11 is 6.48. The highest BCUT2D eigenvalue weighted by molar-refractivity contribution is 7.13. The Balaban J connectivity index is 1.46. The van der Waals surface area contributed by atoms with Crippen molar-refractivity contribution in [1.82, 2.24) is 40.2 Å². The van der Waals surface area contributed by atoms with Crippen LogP contribution in [0.3, 0.4) is 0 Å². The molecule has 0 aromatic carbocycles. The summed E-state index contributed by atoms with van der Waals surface area (Å²) in [5.41, 5.74) is -0.496. The van der Waals surface area contributed by atoms with Crippen LogP contribution >= 0.6 is 22.9 Å². The van der Waals surface area contributed by atoms with Gasteiger partial charge in [-0.3, -0.25) is 9.59 Å². The Morgan fingerprint density at radius 2 is 1.91 bits per heavy atom. The Morgan fingerprint density at radius 1 is 1.15 bits per heavy atom. The number of halogens is 4. The Morgan fingerprint density at radius 3 is 2.65 bits per heavy atom. The predicted molar refractivity (Wildman–Crippen MR) is 114 cm³/mol. The molecule has 16 heteroatoms. The molecule has 0 saturated heterocycles. The van der Waals surface area contributed by atoms with Crippen molar-refractivity contribution in [2.45, 2.75) is 19.1 Å². The van der Waals surface area contributed by atoms with Gasteiger partial charge in [0, 0.05) is 13.2 Å². The average Bonchev–Trinajstić information content (AvgIpc) is 3.42. The monoisotopic (exact) mass is 511 g/mol. The molecule has 2 N–H and O–H groups in total. The molecule has 1 atom stereocenters. The Hall–Kier alpha value is -3.72. The van der Waals surface area contributed by atoms with Crippen LogP contribution in [0, 0.1) is 0 Å². The van der Waals surface area contributed by atoms with Crippen molar-refractivity contribution in [2.75, 3.05) is 5.32 Å². The predicted octanol–water partition coefficient (Wildman–Crippen LogP) is 3.03. The zero-order valence-electron chi connectivity index (χ0n) is 17.3. The number of fused-ring (bicyclic) bond motifs is 1. The topological polar surface area (TPSA) is 140 Å². The number of nitrogens with one attached hydrogen (secondary N) is 2. The molecule has 0 aliphatic carbocycles. The molecule has 4 rings (SSSR count). The number of rotatable bonds is 5. The highest BCUT2D eigenvalue weighted by Gasteiger charge is 2.34. The van der Waals surface area contributed by atoms with Gasteiger partial charge in [-0.05, 0) is 13.0 Å². The van der Waals surface area contributed by atoms with E-state index >= 15 is 0 Å². The number of thiazole rings is 1. The summed E-state index contributed by atoms with van der Waals surface area (Å²) < 4.78 is 40.4. The summed E-state index contributed by atoms with van der Waals surface area (Å²) in [5, 5.41) is 12.5. The van der Waals surface area contributed by atoms with Crippen LogP contribution in [0.25, 0.3) is 11.2 Å². The first-order valence-electron chi connectivity index (χ1n) is 9.35. The molecule has 4 aromatic heterocycles. The van der Waals surface area contributed by atoms with Crippen molar-refractivity contribution >= 4 is 51.7 Å². The fourth-order valence-electron chi connectivity index (χ4n) is 2.84. The highest BCUT2D eigenvalue weighted by atomic mass is 35.5. The van der Waals surface area contributed by atoms with Gasteiger partial charge < -0.3 is 10.6 Å². The van der Waals surface area contributed by atoms with Crippen LogP contribution in [0.2, 0.25) is 5.02 Å². The third-order valence-electron chi connectivity index (χ3n) is 4.47. The molecule has 0 radical (unpaired) electrons. The number of hydrogen-bond donors (Lipinski definition) is 2. The number of carbonyl (C=O) groups excluding carboxylic acids is 2. The molecule has 11 nitrogen and oxygen atoms in total. The smallest absolute Gasteiger partial charge is 0.342 e. The molecule has 0 aliphatic rings. The van der Waals surface area contributed by atoms with Gasteiger partial charge >= 0.3 is 6.18 Å². The van der Waals surface area contributed by atoms with E-state index in [1.165, 1.54) is 17.2 Å². The Bertz CT molecular complexity index is 1410. The van der Waals surface area contributed by atoms with Crippen LogP contribution in [0.1, 0.15) is 43.7 Å². The minimum atomic E-state index is -4.70. The van der Waals surface area contributed by atoms with Crippen LogP contribution in [0.5, 0.6) is 0 Å². The number of alkyl halides is 3. The van der Waals surface area contributed by atoms with Crippen LogP contribution in [0.4, 0.5) is 19.0 Å². The number of aryl methyl sites for hydroxylation is 1. The van der Waals surface area contributed by atoms with Gasteiger partial charge in [-0.15, -0.1) is 16.4 Å². The molecule has 0 spiro atoms. The van der Waals surface area contributed by atoms with Crippen molar-refractivity contribution in [1.29, 1.82) is 0 Å². The zero-order valence-corrected chi connectivity index (χ0v) is 18.8. The van der Waals surface area contributed by atoms with E-state index in [2.05, 4.69) is 40.9 Å². The fourth-order valence-corrected chi connectivity index (χ4v) is 3.87. The van der Waals surface area contributed by atoms with Gasteiger partial charge in [0.25, 0.3) is 11.8 Å². The van der Waals surface area contributed by atoms with Crippen molar-refractivity contribution < 1.29 is 22.8 Å². The van der Waals surface area contributed by atoms with Gasteiger partial charge in [-0.2, -0.15) is 13.2 Å². The maximum Gasteiger partial charge on any atom is 0.418 e. The number of aromatic nitrogens is 7. The maximum absolute atomic E-state index is 13.0. The number of carbonyl (C=O) groups is 2. The third-order valence-corrected chi connectivity index (χ3v) is 5.95. The molecule has 4 heterocycles. The van der Waals surface area contributed by atoms with Crippen molar-refractivity contribution in [3.8, 4) is 0 Å². The summed E-state index contributed by atoms with van der Waals surface area (Å²) in [6.45, 7) is 1.64. The molecule has 0 fully saturated rings. The SMILES string of the molecule is CC(NC(=O)c1ncnc2c1nnn2C)c1ncc(C(=O)Nc2cc(C(F)(F)F)c(Cl)cn2)s1. The second kappa shape index (κ2) is 8.90. The first-order valence-corrected chi connectivity index (χ1v) is 10.5. The van der Waals surface area contributed by atoms with Crippen LogP contribution in [-0.4, -0.2) is 46.7 Å². The third kappa shape index (κ3) is 4.65. The van der Waals surface area contributed by atoms with Crippen molar-refractivity contribution in [3.63, 3.8) is 0 Å². The number of pyridine rings is 1. The lowest BCUT2D eigenvalue weighted by atomic mass is 10.2. The van der Waals surface area contributed by atoms with Crippen LogP contribution in [0.15, 0.2) is 24.8 Å². The molecular weight excluding hydrogens is 499 g/mol. The van der Waals surface area contributed by atoms with Crippen LogP contribution in [-0.2, 0) is 13.2 Å². The second-order valence-corrected chi connectivity index (χ2v) is 8.34. The second-order valence-electron chi connectivity index (χ2n) is 6.87. The molecule has 1 unspecified atom stereocenters. The largest absolute Gasteiger partial charge is 0.418 e. The molecule has 0 saturated carbocycles. The standard InChI is InChI=1S/C18H13ClF3N9O2S/c1-7(27-16(33)13-12-14(26-6-25-13)31(2)30-29-12)17-24-5-10(34-17)15(32)28-11-3-8(18(20,21)22)9(19)4-23-11/h3-7H,1-2H3,(H,27,33)(H,23,28,32). The number of anilines is 1. The van der Waals surface area contributed by atoms with Gasteiger partial charge in [0.15, 0.2) is 16.9 Å². The van der Waals surface area contributed by atoms with Crippen molar-refractivity contribution in [2.24, 2.45) is 7.05 Å². The minimum Gasteiger partial charge on any atom is -0.342 e. The van der Waals surface area contributed by atoms with E-state index in [1.54, 1.807) is 14.0 Å². The molecule has 0 bridgehead atoms. The first-order chi connectivity index (χ1) is 16.0. The van der Waals surface area contributed by atoms with Gasteiger partial charge in [0.05, 0.1) is 22.8 Å². The maximum atomic E-state index is 13.0. The molecule has 2 amide bonds. The summed E-state index contributed by atoms with van der Waals surface area (Å²) in [6, 6.07) is 0.0196. The quantitative estimate of drug-likeness (QED) is 0.416. The minimum absolute atomic E-state index is 0.0220. The van der Waals surface area contributed by atoms with E-state index in [9.17, 15) is 22.8 Å². The van der Waals surface area contributed by atoms with E-state index in [1.807, 2.05) is 0 Å². The van der Waals surface area contributed by atoms with E-state index in [0.29, 0.717) is 16.7 Å². The summed E-state index contributed by atoms with van der Waals surface area (Å²) in [7, 11) is 1.62. The highest BCUT2D eigenvalue weighted by Crippen LogP contribution is 2.35. The van der Waals surface area contributed by atoms with Gasteiger partial charge in [-0.25, -0.2) is 24.6 Å². The van der Waals surface area contributed by atoms with Crippen LogP contribution < -0.4 is 10.6 Å². The fraction of sp³-hybridized carbons (Fsp3) is 0.222.